The van der Waals surface area contributed by atoms with Gasteiger partial charge in [0.1, 0.15) is 0 Å². The van der Waals surface area contributed by atoms with Crippen molar-refractivity contribution in [2.24, 2.45) is 0 Å². The Bertz CT molecular complexity index is 1200. The number of hydrogen-bond acceptors (Lipinski definition) is 3. The number of nitrogens with zero attached hydrogens (tertiary/aromatic N) is 3. The van der Waals surface area contributed by atoms with E-state index in [2.05, 4.69) is 42.0 Å². The summed E-state index contributed by atoms with van der Waals surface area (Å²) >= 11 is 0. The molecule has 3 rings (SSSR count). The molecule has 0 aliphatic carbocycles. The molecule has 2 heterocycles. The zero-order valence-electron chi connectivity index (χ0n) is 21.1. The summed E-state index contributed by atoms with van der Waals surface area (Å²) in [5.41, 5.74) is 14.1. The number of nitrogens with one attached hydrogen (secondary N) is 1. The standard InChI is InChI=1S/C19H17N.C10H11N2.C2H3N.Os/c1-4-5-6-9-16(3)17-12-15(2)13-18(14-17)19-10-7-8-11-20-19;1-2-3-6-9(11)10-7-4-5-8-12-10;1-2-3;/h1,4-13H,2-3H3;2-8,11H,1H3;1H3;/q-2;-1;;/b6-5-,16-9+;3-2-,9-6-;;. The molecule has 0 aliphatic rings. The van der Waals surface area contributed by atoms with Crippen molar-refractivity contribution in [3.8, 4) is 17.3 Å². The van der Waals surface area contributed by atoms with Crippen LogP contribution in [0.2, 0.25) is 0 Å². The van der Waals surface area contributed by atoms with Gasteiger partial charge < -0.3 is 5.73 Å². The second-order valence-electron chi connectivity index (χ2n) is 7.17. The van der Waals surface area contributed by atoms with Gasteiger partial charge in [0, 0.05) is 50.5 Å². The third-order valence-corrected chi connectivity index (χ3v) is 4.34. The molecule has 0 atom stereocenters. The van der Waals surface area contributed by atoms with Crippen molar-refractivity contribution in [1.29, 1.82) is 5.26 Å². The summed E-state index contributed by atoms with van der Waals surface area (Å²) in [6.45, 7) is 12.8. The molecule has 4 nitrogen and oxygen atoms in total. The van der Waals surface area contributed by atoms with E-state index in [4.69, 9.17) is 17.6 Å². The number of hydrogen-bond donors (Lipinski definition) is 0. The van der Waals surface area contributed by atoms with E-state index in [1.54, 1.807) is 30.6 Å². The van der Waals surface area contributed by atoms with E-state index in [0.29, 0.717) is 11.4 Å². The summed E-state index contributed by atoms with van der Waals surface area (Å²) in [7, 11) is 0. The minimum Gasteiger partial charge on any atom is -0.697 e. The van der Waals surface area contributed by atoms with Crippen molar-refractivity contribution in [2.75, 3.05) is 0 Å². The van der Waals surface area contributed by atoms with E-state index >= 15 is 0 Å². The fourth-order valence-electron chi connectivity index (χ4n) is 2.74. The van der Waals surface area contributed by atoms with Crippen molar-refractivity contribution in [3.05, 3.63) is 139 Å². The predicted molar refractivity (Wildman–Crippen MR) is 148 cm³/mol. The molecule has 186 valence electrons. The van der Waals surface area contributed by atoms with E-state index in [-0.39, 0.29) is 19.8 Å². The molecular formula is C31H31N4Os-3. The molecular weight excluding hydrogens is 619 g/mol. The van der Waals surface area contributed by atoms with Crippen LogP contribution < -0.4 is 0 Å². The van der Waals surface area contributed by atoms with Gasteiger partial charge in [-0.3, -0.25) is 16.5 Å². The topological polar surface area (TPSA) is 73.4 Å². The molecule has 0 aliphatic heterocycles. The summed E-state index contributed by atoms with van der Waals surface area (Å²) in [4.78, 5) is 8.42. The Morgan fingerprint density at radius 1 is 1.03 bits per heavy atom. The maximum atomic E-state index is 7.56. The molecule has 1 aromatic carbocycles. The van der Waals surface area contributed by atoms with Gasteiger partial charge in [-0.05, 0) is 25.1 Å². The van der Waals surface area contributed by atoms with Gasteiger partial charge in [-0.15, -0.1) is 46.7 Å². The zero-order valence-corrected chi connectivity index (χ0v) is 23.6. The first-order valence-electron chi connectivity index (χ1n) is 11.1. The first-order valence-corrected chi connectivity index (χ1v) is 11.1. The summed E-state index contributed by atoms with van der Waals surface area (Å²) in [6.07, 6.45) is 16.2. The van der Waals surface area contributed by atoms with E-state index in [9.17, 15) is 0 Å². The van der Waals surface area contributed by atoms with Gasteiger partial charge in [0.05, 0.1) is 6.07 Å². The van der Waals surface area contributed by atoms with Crippen LogP contribution in [0.4, 0.5) is 0 Å². The van der Waals surface area contributed by atoms with Crippen molar-refractivity contribution in [2.45, 2.75) is 27.7 Å². The van der Waals surface area contributed by atoms with Crippen molar-refractivity contribution < 1.29 is 19.8 Å². The normalized spacial score (nSPS) is 10.9. The summed E-state index contributed by atoms with van der Waals surface area (Å²) in [6, 6.07) is 20.8. The van der Waals surface area contributed by atoms with Crippen LogP contribution in [0.15, 0.2) is 103 Å². The SMILES string of the molecule is C/C=C\C=C(/[NH-])c1ccccn1.CC#N.[CH-]=C/C=C\C=C(/C)c1[c-]c(-c2ccccn2)cc(C)c1.[Os]. The molecule has 5 heteroatoms. The van der Waals surface area contributed by atoms with Gasteiger partial charge in [-0.1, -0.05) is 55.8 Å². The largest absolute Gasteiger partial charge is 0.697 e. The van der Waals surface area contributed by atoms with Crippen LogP contribution in [0.25, 0.3) is 28.3 Å². The molecule has 2 aromatic heterocycles. The van der Waals surface area contributed by atoms with Crippen LogP contribution in [0, 0.1) is 30.9 Å². The van der Waals surface area contributed by atoms with E-state index in [1.165, 1.54) is 18.6 Å². The van der Waals surface area contributed by atoms with Crippen LogP contribution >= 0.6 is 0 Å². The van der Waals surface area contributed by atoms with Gasteiger partial charge >= 0.3 is 0 Å². The quantitative estimate of drug-likeness (QED) is 0.199. The van der Waals surface area contributed by atoms with Crippen LogP contribution in [-0.4, -0.2) is 9.97 Å². The Hall–Kier alpha value is -3.85. The van der Waals surface area contributed by atoms with Crippen LogP contribution in [0.3, 0.4) is 0 Å². The van der Waals surface area contributed by atoms with E-state index in [1.807, 2.05) is 67.6 Å². The minimum atomic E-state index is 0. The number of aromatic nitrogens is 2. The Morgan fingerprint density at radius 3 is 2.25 bits per heavy atom. The first-order chi connectivity index (χ1) is 17.0. The summed E-state index contributed by atoms with van der Waals surface area (Å²) < 4.78 is 0. The molecule has 0 unspecified atom stereocenters. The molecule has 0 radical (unpaired) electrons. The van der Waals surface area contributed by atoms with Gasteiger partial charge in [-0.2, -0.15) is 11.3 Å². The number of benzene rings is 1. The minimum absolute atomic E-state index is 0. The first kappa shape index (κ1) is 32.1. The number of nitriles is 1. The average Bonchev–Trinajstić information content (AvgIpc) is 2.89. The zero-order chi connectivity index (χ0) is 25.9. The second-order valence-corrected chi connectivity index (χ2v) is 7.17. The molecule has 3 aromatic rings. The molecule has 0 saturated heterocycles. The molecule has 1 N–H and O–H groups in total. The van der Waals surface area contributed by atoms with Gasteiger partial charge in [-0.25, -0.2) is 12.2 Å². The number of pyridine rings is 2. The Balaban J connectivity index is 0.000000656. The van der Waals surface area contributed by atoms with Gasteiger partial charge in [0.2, 0.25) is 0 Å². The van der Waals surface area contributed by atoms with E-state index in [0.717, 1.165) is 22.4 Å². The van der Waals surface area contributed by atoms with Crippen molar-refractivity contribution >= 4 is 11.3 Å². The average molecular weight is 650 g/mol. The van der Waals surface area contributed by atoms with Crippen molar-refractivity contribution in [1.82, 2.24) is 9.97 Å². The maximum absolute atomic E-state index is 7.56. The third kappa shape index (κ3) is 12.6. The van der Waals surface area contributed by atoms with Gasteiger partial charge in [0.15, 0.2) is 0 Å². The van der Waals surface area contributed by atoms with Crippen LogP contribution in [0.1, 0.15) is 37.6 Å². The summed E-state index contributed by atoms with van der Waals surface area (Å²) in [5.74, 6) is 0. The molecule has 0 amide bonds. The Kier molecular flexibility index (Phi) is 17.4. The predicted octanol–water partition coefficient (Wildman–Crippen LogP) is 8.38. The smallest absolute Gasteiger partial charge is 0.0587 e. The number of rotatable bonds is 6. The Morgan fingerprint density at radius 2 is 1.69 bits per heavy atom. The third-order valence-electron chi connectivity index (χ3n) is 4.34. The maximum Gasteiger partial charge on any atom is 0.0587 e. The fraction of sp³-hybridized carbons (Fsp3) is 0.129. The van der Waals surface area contributed by atoms with Gasteiger partial charge in [0.25, 0.3) is 0 Å². The number of aryl methyl sites for hydroxylation is 1. The summed E-state index contributed by atoms with van der Waals surface area (Å²) in [5, 5.41) is 7.32. The molecule has 0 bridgehead atoms. The van der Waals surface area contributed by atoms with E-state index < -0.39 is 0 Å². The second kappa shape index (κ2) is 19.5. The molecule has 0 fully saturated rings. The fourth-order valence-corrected chi connectivity index (χ4v) is 2.74. The Labute approximate surface area is 229 Å². The van der Waals surface area contributed by atoms with Crippen LogP contribution in [-0.2, 0) is 19.8 Å². The molecule has 0 spiro atoms. The molecule has 36 heavy (non-hydrogen) atoms. The number of allylic oxidation sites excluding steroid dienone is 8. The molecule has 0 saturated carbocycles. The monoisotopic (exact) mass is 651 g/mol. The van der Waals surface area contributed by atoms with Crippen molar-refractivity contribution in [3.63, 3.8) is 0 Å². The van der Waals surface area contributed by atoms with Crippen LogP contribution in [0.5, 0.6) is 0 Å².